The molecule has 1 aromatic heterocycles. The summed E-state index contributed by atoms with van der Waals surface area (Å²) in [4.78, 5) is 20.0. The molecular formula is C23H22F4N4O4. The van der Waals surface area contributed by atoms with Crippen molar-refractivity contribution >= 4 is 11.7 Å². The highest BCUT2D eigenvalue weighted by molar-refractivity contribution is 5.99. The molecule has 0 spiro atoms. The fourth-order valence-corrected chi connectivity index (χ4v) is 3.78. The number of carbonyl (C=O) groups excluding carboxylic acids is 1. The van der Waals surface area contributed by atoms with E-state index in [0.29, 0.717) is 5.56 Å². The molecule has 1 atom stereocenters. The summed E-state index contributed by atoms with van der Waals surface area (Å²) in [5.74, 6) is -1.64. The number of imidazole rings is 1. The van der Waals surface area contributed by atoms with Gasteiger partial charge in [-0.25, -0.2) is 4.39 Å². The van der Waals surface area contributed by atoms with E-state index < -0.39 is 35.6 Å². The highest BCUT2D eigenvalue weighted by atomic mass is 19.4. The van der Waals surface area contributed by atoms with Crippen LogP contribution >= 0.6 is 0 Å². The molecule has 2 aromatic carbocycles. The molecule has 2 heterocycles. The topological polar surface area (TPSA) is 91.1 Å². The number of aromatic nitrogens is 2. The van der Waals surface area contributed by atoms with Crippen molar-refractivity contribution in [3.05, 3.63) is 71.2 Å². The van der Waals surface area contributed by atoms with Crippen LogP contribution in [0.4, 0.5) is 23.4 Å². The summed E-state index contributed by atoms with van der Waals surface area (Å²) in [5, 5.41) is 19.8. The third-order valence-corrected chi connectivity index (χ3v) is 5.54. The van der Waals surface area contributed by atoms with Crippen LogP contribution in [0.3, 0.4) is 0 Å². The summed E-state index contributed by atoms with van der Waals surface area (Å²) >= 11 is 0. The van der Waals surface area contributed by atoms with Gasteiger partial charge in [-0.1, -0.05) is 24.3 Å². The Labute approximate surface area is 197 Å². The van der Waals surface area contributed by atoms with Crippen LogP contribution in [0.2, 0.25) is 0 Å². The molecule has 12 heteroatoms. The molecule has 0 aliphatic carbocycles. The summed E-state index contributed by atoms with van der Waals surface area (Å²) in [5.41, 5.74) is -0.526. The Bertz CT molecular complexity index is 1210. The van der Waals surface area contributed by atoms with E-state index >= 15 is 0 Å². The van der Waals surface area contributed by atoms with E-state index in [1.165, 1.54) is 52.9 Å². The smallest absolute Gasteiger partial charge is 0.419 e. The Morgan fingerprint density at radius 2 is 1.80 bits per heavy atom. The van der Waals surface area contributed by atoms with Crippen LogP contribution in [-0.2, 0) is 12.7 Å². The van der Waals surface area contributed by atoms with E-state index in [9.17, 15) is 27.5 Å². The van der Waals surface area contributed by atoms with Gasteiger partial charge in [0, 0.05) is 20.2 Å². The van der Waals surface area contributed by atoms with Crippen molar-refractivity contribution in [1.29, 1.82) is 0 Å². The minimum absolute atomic E-state index is 0.00403. The van der Waals surface area contributed by atoms with Gasteiger partial charge >= 0.3 is 12.2 Å². The lowest BCUT2D eigenvalue weighted by molar-refractivity contribution is -0.138. The zero-order valence-electron chi connectivity index (χ0n) is 18.5. The number of para-hydroxylation sites is 1. The molecule has 4 rings (SSSR count). The maximum absolute atomic E-state index is 13.5. The molecule has 1 unspecified atom stereocenters. The number of anilines is 1. The van der Waals surface area contributed by atoms with E-state index in [2.05, 4.69) is 4.98 Å². The van der Waals surface area contributed by atoms with Crippen molar-refractivity contribution < 1.29 is 37.3 Å². The standard InChI is InChI=1S/C23H22F4N4O4/c1-29-19-18(20(33)30(22(29)34)11-4-12-32)31(13-14-7-9-15(24)10-8-14)21(28-19)35-17-6-3-2-5-16(17)23(25,26)27/h2-3,5-10,22,32,34H,4,11-13H2,1H3. The molecule has 186 valence electrons. The van der Waals surface area contributed by atoms with Crippen molar-refractivity contribution in [3.63, 3.8) is 0 Å². The molecule has 1 aliphatic heterocycles. The van der Waals surface area contributed by atoms with E-state index in [-0.39, 0.29) is 43.6 Å². The van der Waals surface area contributed by atoms with Crippen LogP contribution < -0.4 is 9.64 Å². The summed E-state index contributed by atoms with van der Waals surface area (Å²) in [6.45, 7) is -0.269. The van der Waals surface area contributed by atoms with Crippen LogP contribution in [0.15, 0.2) is 48.5 Å². The number of rotatable bonds is 7. The fourth-order valence-electron chi connectivity index (χ4n) is 3.78. The van der Waals surface area contributed by atoms with Gasteiger partial charge < -0.3 is 19.8 Å². The summed E-state index contributed by atoms with van der Waals surface area (Å²) < 4.78 is 60.9. The number of fused-ring (bicyclic) bond motifs is 1. The molecule has 0 saturated carbocycles. The minimum atomic E-state index is -4.70. The number of hydrogen-bond acceptors (Lipinski definition) is 6. The van der Waals surface area contributed by atoms with Crippen molar-refractivity contribution in [2.24, 2.45) is 0 Å². The predicted octanol–water partition coefficient (Wildman–Crippen LogP) is 3.43. The summed E-state index contributed by atoms with van der Waals surface area (Å²) in [6.07, 6.45) is -5.92. The number of nitrogens with zero attached hydrogens (tertiary/aromatic N) is 4. The first kappa shape index (κ1) is 24.5. The average Bonchev–Trinajstić information content (AvgIpc) is 3.17. The molecule has 1 amide bonds. The normalized spacial score (nSPS) is 16.0. The van der Waals surface area contributed by atoms with Crippen LogP contribution in [0.5, 0.6) is 11.8 Å². The number of alkyl halides is 3. The third-order valence-electron chi connectivity index (χ3n) is 5.54. The lowest BCUT2D eigenvalue weighted by atomic mass is 10.2. The first-order chi connectivity index (χ1) is 16.6. The van der Waals surface area contributed by atoms with Gasteiger partial charge in [-0.05, 0) is 36.2 Å². The highest BCUT2D eigenvalue weighted by Gasteiger charge is 2.41. The van der Waals surface area contributed by atoms with Gasteiger partial charge in [0.1, 0.15) is 11.6 Å². The average molecular weight is 494 g/mol. The van der Waals surface area contributed by atoms with Gasteiger partial charge in [-0.2, -0.15) is 18.2 Å². The molecule has 0 bridgehead atoms. The van der Waals surface area contributed by atoms with Crippen molar-refractivity contribution in [1.82, 2.24) is 14.5 Å². The number of benzene rings is 2. The lowest BCUT2D eigenvalue weighted by Crippen LogP contribution is -2.54. The largest absolute Gasteiger partial charge is 0.425 e. The second-order valence-electron chi connectivity index (χ2n) is 7.91. The molecule has 35 heavy (non-hydrogen) atoms. The Balaban J connectivity index is 1.83. The number of ether oxygens (including phenoxy) is 1. The van der Waals surface area contributed by atoms with Crippen LogP contribution in [0, 0.1) is 5.82 Å². The summed E-state index contributed by atoms with van der Waals surface area (Å²) in [7, 11) is 1.46. The molecule has 0 fully saturated rings. The number of hydrogen-bond donors (Lipinski definition) is 2. The van der Waals surface area contributed by atoms with Gasteiger partial charge in [-0.3, -0.25) is 14.3 Å². The minimum Gasteiger partial charge on any atom is -0.425 e. The molecule has 2 N–H and O–H groups in total. The quantitative estimate of drug-likeness (QED) is 0.489. The molecular weight excluding hydrogens is 472 g/mol. The number of carbonyl (C=O) groups is 1. The second kappa shape index (κ2) is 9.55. The van der Waals surface area contributed by atoms with Gasteiger partial charge in [0.25, 0.3) is 5.91 Å². The Hall–Kier alpha value is -3.64. The van der Waals surface area contributed by atoms with E-state index in [1.54, 1.807) is 0 Å². The Morgan fingerprint density at radius 3 is 2.46 bits per heavy atom. The zero-order valence-corrected chi connectivity index (χ0v) is 18.5. The fraction of sp³-hybridized carbons (Fsp3) is 0.304. The Morgan fingerprint density at radius 1 is 1.11 bits per heavy atom. The number of halogens is 4. The number of aliphatic hydroxyl groups excluding tert-OH is 2. The SMILES string of the molecule is CN1c2nc(Oc3ccccc3C(F)(F)F)n(Cc3ccc(F)cc3)c2C(=O)N(CCCO)C1O. The monoisotopic (exact) mass is 494 g/mol. The Kier molecular flexibility index (Phi) is 6.68. The maximum atomic E-state index is 13.5. The van der Waals surface area contributed by atoms with Gasteiger partial charge in [0.15, 0.2) is 11.5 Å². The highest BCUT2D eigenvalue weighted by Crippen LogP contribution is 2.40. The van der Waals surface area contributed by atoms with Crippen LogP contribution in [0.1, 0.15) is 28.0 Å². The molecule has 1 aliphatic rings. The van der Waals surface area contributed by atoms with Crippen molar-refractivity contribution in [2.45, 2.75) is 25.5 Å². The third kappa shape index (κ3) is 4.80. The van der Waals surface area contributed by atoms with Gasteiger partial charge in [0.2, 0.25) is 6.35 Å². The molecule has 0 radical (unpaired) electrons. The predicted molar refractivity (Wildman–Crippen MR) is 116 cm³/mol. The molecule has 8 nitrogen and oxygen atoms in total. The lowest BCUT2D eigenvalue weighted by Gasteiger charge is -2.38. The zero-order chi connectivity index (χ0) is 25.3. The van der Waals surface area contributed by atoms with Crippen molar-refractivity contribution in [2.75, 3.05) is 25.1 Å². The molecule has 3 aromatic rings. The van der Waals surface area contributed by atoms with Crippen LogP contribution in [-0.4, -0.2) is 57.1 Å². The van der Waals surface area contributed by atoms with Crippen molar-refractivity contribution in [3.8, 4) is 11.8 Å². The number of amides is 1. The number of aliphatic hydroxyl groups is 2. The van der Waals surface area contributed by atoms with E-state index in [1.807, 2.05) is 0 Å². The molecule has 0 saturated heterocycles. The second-order valence-corrected chi connectivity index (χ2v) is 7.91. The summed E-state index contributed by atoms with van der Waals surface area (Å²) in [6, 6.07) is 9.62. The van der Waals surface area contributed by atoms with E-state index in [0.717, 1.165) is 17.0 Å². The van der Waals surface area contributed by atoms with E-state index in [4.69, 9.17) is 9.84 Å². The first-order valence-corrected chi connectivity index (χ1v) is 10.6. The first-order valence-electron chi connectivity index (χ1n) is 10.6. The van der Waals surface area contributed by atoms with Crippen LogP contribution in [0.25, 0.3) is 0 Å². The van der Waals surface area contributed by atoms with Gasteiger partial charge in [0.05, 0.1) is 12.1 Å². The van der Waals surface area contributed by atoms with Gasteiger partial charge in [-0.15, -0.1) is 0 Å². The maximum Gasteiger partial charge on any atom is 0.419 e.